The third-order valence-electron chi connectivity index (χ3n) is 7.45. The molecule has 0 spiro atoms. The predicted molar refractivity (Wildman–Crippen MR) is 163 cm³/mol. The van der Waals surface area contributed by atoms with Crippen LogP contribution in [0.1, 0.15) is 30.5 Å². The summed E-state index contributed by atoms with van der Waals surface area (Å²) in [5, 5.41) is 27.6. The fourth-order valence-corrected chi connectivity index (χ4v) is 4.82. The van der Waals surface area contributed by atoms with Gasteiger partial charge in [0.1, 0.15) is 24.1 Å². The molecule has 0 aliphatic carbocycles. The number of nitrogens with two attached hydrogens (primary N) is 1. The highest BCUT2D eigenvalue weighted by Crippen LogP contribution is 2.33. The first-order valence-corrected chi connectivity index (χ1v) is 14.3. The molecule has 1 aliphatic heterocycles. The number of halogens is 1. The summed E-state index contributed by atoms with van der Waals surface area (Å²) in [6.07, 6.45) is 0.0246. The highest BCUT2D eigenvalue weighted by Gasteiger charge is 2.33. The number of carbonyl (C=O) groups is 1. The number of carboxylic acid groups (broad SMARTS) is 1. The van der Waals surface area contributed by atoms with Gasteiger partial charge in [0.05, 0.1) is 19.3 Å². The molecule has 0 radical (unpaired) electrons. The highest BCUT2D eigenvalue weighted by molar-refractivity contribution is 6.61. The Bertz CT molecular complexity index is 1290. The molecular weight excluding hydrogens is 559 g/mol. The van der Waals surface area contributed by atoms with Crippen LogP contribution in [0, 0.1) is 0 Å². The van der Waals surface area contributed by atoms with Gasteiger partial charge in [-0.2, -0.15) is 0 Å². The fourth-order valence-electron chi connectivity index (χ4n) is 4.57. The van der Waals surface area contributed by atoms with E-state index in [4.69, 9.17) is 41.2 Å². The van der Waals surface area contributed by atoms with Crippen LogP contribution >= 0.6 is 11.6 Å². The van der Waals surface area contributed by atoms with E-state index in [9.17, 15) is 14.8 Å². The first-order chi connectivity index (χ1) is 20.1. The number of carboxylic acids is 1. The van der Waals surface area contributed by atoms with E-state index in [-0.39, 0.29) is 30.4 Å². The smallest absolute Gasteiger partial charge is 0.494 e. The molecule has 1 aliphatic rings. The number of benzene rings is 3. The molecule has 3 atom stereocenters. The van der Waals surface area contributed by atoms with Crippen molar-refractivity contribution in [1.29, 1.82) is 0 Å². The maximum absolute atomic E-state index is 11.0. The summed E-state index contributed by atoms with van der Waals surface area (Å²) in [7, 11) is -2.03. The summed E-state index contributed by atoms with van der Waals surface area (Å²) in [6.45, 7) is 5.13. The molecule has 5 N–H and O–H groups in total. The van der Waals surface area contributed by atoms with Gasteiger partial charge >= 0.3 is 20.2 Å². The lowest BCUT2D eigenvalue weighted by molar-refractivity contribution is -0.138. The SMILES string of the molecule is CC(C)(c1ccc(OCC2COB(c3ccc(C[C@H](N)C(=O)O)cc3)O2)cc1)c1ccc(OCC(CCl)B(O)O)cc1. The maximum atomic E-state index is 11.0. The van der Waals surface area contributed by atoms with Crippen molar-refractivity contribution in [3.63, 3.8) is 0 Å². The predicted octanol–water partition coefficient (Wildman–Crippen LogP) is 2.62. The minimum atomic E-state index is -1.52. The van der Waals surface area contributed by atoms with Crippen molar-refractivity contribution in [2.75, 3.05) is 25.7 Å². The molecule has 4 rings (SSSR count). The van der Waals surface area contributed by atoms with E-state index in [0.29, 0.717) is 19.0 Å². The van der Waals surface area contributed by atoms with Crippen molar-refractivity contribution in [2.45, 2.75) is 43.6 Å². The molecule has 0 bridgehead atoms. The van der Waals surface area contributed by atoms with Crippen LogP contribution in [0.25, 0.3) is 0 Å². The Balaban J connectivity index is 1.27. The normalized spacial score (nSPS) is 16.6. The Kier molecular flexibility index (Phi) is 10.9. The molecule has 12 heteroatoms. The molecule has 1 heterocycles. The zero-order valence-electron chi connectivity index (χ0n) is 23.7. The second kappa shape index (κ2) is 14.4. The van der Waals surface area contributed by atoms with E-state index in [1.54, 1.807) is 0 Å². The van der Waals surface area contributed by atoms with E-state index in [1.807, 2.05) is 72.8 Å². The Morgan fingerprint density at radius 2 is 1.60 bits per heavy atom. The number of aliphatic carboxylic acids is 1. The zero-order valence-corrected chi connectivity index (χ0v) is 24.4. The molecule has 0 aromatic heterocycles. The van der Waals surface area contributed by atoms with Crippen LogP contribution in [0.15, 0.2) is 72.8 Å². The van der Waals surface area contributed by atoms with Crippen LogP contribution in [0.2, 0.25) is 5.82 Å². The summed E-state index contributed by atoms with van der Waals surface area (Å²) in [6, 6.07) is 22.1. The van der Waals surface area contributed by atoms with Crippen LogP contribution in [0.3, 0.4) is 0 Å². The van der Waals surface area contributed by atoms with Crippen LogP contribution in [-0.4, -0.2) is 73.2 Å². The molecule has 42 heavy (non-hydrogen) atoms. The molecule has 0 saturated carbocycles. The average molecular weight is 596 g/mol. The first-order valence-electron chi connectivity index (χ1n) is 13.8. The van der Waals surface area contributed by atoms with Gasteiger partial charge in [0.15, 0.2) is 0 Å². The van der Waals surface area contributed by atoms with Crippen LogP contribution in [-0.2, 0) is 25.9 Å². The first kappa shape index (κ1) is 31.9. The van der Waals surface area contributed by atoms with E-state index in [1.165, 1.54) is 0 Å². The van der Waals surface area contributed by atoms with Crippen molar-refractivity contribution in [1.82, 2.24) is 0 Å². The lowest BCUT2D eigenvalue weighted by Gasteiger charge is -2.26. The molecule has 1 fully saturated rings. The molecule has 0 amide bonds. The molecule has 9 nitrogen and oxygen atoms in total. The van der Waals surface area contributed by atoms with Gasteiger partial charge in [0.2, 0.25) is 0 Å². The Morgan fingerprint density at radius 3 is 2.12 bits per heavy atom. The molecule has 3 aromatic rings. The van der Waals surface area contributed by atoms with Crippen molar-refractivity contribution in [2.24, 2.45) is 5.73 Å². The lowest BCUT2D eigenvalue weighted by Crippen LogP contribution is -2.34. The van der Waals surface area contributed by atoms with Crippen molar-refractivity contribution < 1.29 is 38.7 Å². The van der Waals surface area contributed by atoms with Crippen molar-refractivity contribution in [3.8, 4) is 11.5 Å². The minimum Gasteiger partial charge on any atom is -0.494 e. The Hall–Kier alpha value is -3.05. The topological polar surface area (TPSA) is 141 Å². The monoisotopic (exact) mass is 595 g/mol. The van der Waals surface area contributed by atoms with Crippen LogP contribution in [0.5, 0.6) is 11.5 Å². The van der Waals surface area contributed by atoms with Crippen LogP contribution < -0.4 is 20.7 Å². The third kappa shape index (κ3) is 8.28. The van der Waals surface area contributed by atoms with Gasteiger partial charge in [-0.25, -0.2) is 0 Å². The second-order valence-electron chi connectivity index (χ2n) is 10.9. The van der Waals surface area contributed by atoms with E-state index >= 15 is 0 Å². The van der Waals surface area contributed by atoms with Crippen molar-refractivity contribution in [3.05, 3.63) is 89.5 Å². The summed E-state index contributed by atoms with van der Waals surface area (Å²) < 4.78 is 23.5. The lowest BCUT2D eigenvalue weighted by atomic mass is 9.75. The summed E-state index contributed by atoms with van der Waals surface area (Å²) in [5.41, 5.74) is 9.23. The number of alkyl halides is 1. The molecule has 3 aromatic carbocycles. The maximum Gasteiger partial charge on any atom is 0.494 e. The molecule has 2 unspecified atom stereocenters. The second-order valence-corrected chi connectivity index (χ2v) is 11.2. The van der Waals surface area contributed by atoms with Gasteiger partial charge in [-0.15, -0.1) is 11.6 Å². The quantitative estimate of drug-likeness (QED) is 0.164. The van der Waals surface area contributed by atoms with Gasteiger partial charge in [-0.05, 0) is 52.8 Å². The van der Waals surface area contributed by atoms with Gasteiger partial charge in [-0.1, -0.05) is 62.4 Å². The number of rotatable bonds is 14. The van der Waals surface area contributed by atoms with E-state index < -0.39 is 32.1 Å². The van der Waals surface area contributed by atoms with Crippen LogP contribution in [0.4, 0.5) is 0 Å². The number of hydrogen-bond acceptors (Lipinski definition) is 8. The molecule has 1 saturated heterocycles. The van der Waals surface area contributed by atoms with Gasteiger partial charge in [0, 0.05) is 17.1 Å². The Morgan fingerprint density at radius 1 is 1.02 bits per heavy atom. The summed E-state index contributed by atoms with van der Waals surface area (Å²) in [5.74, 6) is -0.141. The van der Waals surface area contributed by atoms with E-state index in [0.717, 1.165) is 27.9 Å². The molecule has 222 valence electrons. The van der Waals surface area contributed by atoms with Gasteiger partial charge in [0.25, 0.3) is 0 Å². The number of hydrogen-bond donors (Lipinski definition) is 4. The summed E-state index contributed by atoms with van der Waals surface area (Å²) >= 11 is 5.76. The Labute approximate surface area is 251 Å². The summed E-state index contributed by atoms with van der Waals surface area (Å²) in [4.78, 5) is 11.0. The number of ether oxygens (including phenoxy) is 2. The highest BCUT2D eigenvalue weighted by atomic mass is 35.5. The zero-order chi connectivity index (χ0) is 30.3. The standard InChI is InChI=1S/C30H36B2ClNO8/c1-30(2,21-5-11-25(12-6-21)39-17-24(16-33)31(37)38)22-7-13-26(14-8-22)40-18-27-19-41-32(42-27)23-9-3-20(4-10-23)15-28(34)29(35)36/h3-14,24,27-28,37-38H,15-19,34H2,1-2H3,(H,35,36)/t24?,27?,28-/m0/s1. The van der Waals surface area contributed by atoms with Gasteiger partial charge < -0.3 is 39.7 Å². The average Bonchev–Trinajstić information content (AvgIpc) is 3.46. The van der Waals surface area contributed by atoms with E-state index in [2.05, 4.69) is 13.8 Å². The molecular formula is C30H36B2ClNO8. The minimum absolute atomic E-state index is 0.0912. The fraction of sp³-hybridized carbons (Fsp3) is 0.367. The van der Waals surface area contributed by atoms with Crippen molar-refractivity contribution >= 4 is 37.3 Å². The third-order valence-corrected chi connectivity index (χ3v) is 7.84. The largest absolute Gasteiger partial charge is 0.494 e. The van der Waals surface area contributed by atoms with Gasteiger partial charge in [-0.3, -0.25) is 4.79 Å².